The highest BCUT2D eigenvalue weighted by atomic mass is 35.5. The van der Waals surface area contributed by atoms with E-state index in [0.717, 1.165) is 33.8 Å². The van der Waals surface area contributed by atoms with Crippen molar-refractivity contribution in [3.05, 3.63) is 125 Å². The van der Waals surface area contributed by atoms with Gasteiger partial charge in [-0.15, -0.1) is 0 Å². The molecule has 5 rings (SSSR count). The van der Waals surface area contributed by atoms with Gasteiger partial charge in [-0.25, -0.2) is 8.42 Å². The van der Waals surface area contributed by atoms with Crippen LogP contribution in [0, 0.1) is 0 Å². The smallest absolute Gasteiger partial charge is 0.258 e. The minimum atomic E-state index is -3.42. The molecule has 0 radical (unpaired) electrons. The summed E-state index contributed by atoms with van der Waals surface area (Å²) in [7, 11) is -4.55. The third kappa shape index (κ3) is 6.20. The van der Waals surface area contributed by atoms with E-state index in [1.165, 1.54) is 12.1 Å². The molecule has 5 aromatic rings. The number of halogens is 1. The van der Waals surface area contributed by atoms with Gasteiger partial charge in [-0.05, 0) is 104 Å². The Bertz CT molecular complexity index is 1990. The molecule has 0 bridgehead atoms. The van der Waals surface area contributed by atoms with Gasteiger partial charge in [0, 0.05) is 56.7 Å². The molecule has 0 spiro atoms. The van der Waals surface area contributed by atoms with E-state index < -0.39 is 31.4 Å². The topological polar surface area (TPSA) is 84.4 Å². The maximum absolute atomic E-state index is 14.0. The summed E-state index contributed by atoms with van der Waals surface area (Å²) in [6.07, 6.45) is 4.60. The van der Waals surface area contributed by atoms with Gasteiger partial charge in [-0.1, -0.05) is 41.9 Å². The van der Waals surface area contributed by atoms with Crippen LogP contribution in [0.25, 0.3) is 22.0 Å². The van der Waals surface area contributed by atoms with Crippen LogP contribution in [-0.4, -0.2) is 36.0 Å². The molecule has 4 aromatic carbocycles. The molecule has 6 nitrogen and oxygen atoms in total. The van der Waals surface area contributed by atoms with Gasteiger partial charge in [0.15, 0.2) is 9.84 Å². The Morgan fingerprint density at radius 3 is 2.25 bits per heavy atom. The normalized spacial score (nSPS) is 13.4. The Hall–Kier alpha value is -3.85. The minimum absolute atomic E-state index is 0.163. The molecule has 1 heterocycles. The lowest BCUT2D eigenvalue weighted by atomic mass is 9.92. The molecule has 2 atom stereocenters. The molecule has 0 aliphatic heterocycles. The Balaban J connectivity index is 1.67. The molecule has 0 aliphatic rings. The highest BCUT2D eigenvalue weighted by molar-refractivity contribution is 7.90. The van der Waals surface area contributed by atoms with E-state index >= 15 is 0 Å². The molecule has 0 fully saturated rings. The zero-order chi connectivity index (χ0) is 31.8. The first-order valence-electron chi connectivity index (χ1n) is 14.0. The molecule has 9 heteroatoms. The Labute approximate surface area is 266 Å². The summed E-state index contributed by atoms with van der Waals surface area (Å²) in [6, 6.07) is 28.3. The maximum Gasteiger partial charge on any atom is 0.258 e. The molecular weight excluding hydrogens is 612 g/mol. The quantitative estimate of drug-likeness (QED) is 0.171. The fourth-order valence-corrected chi connectivity index (χ4v) is 6.54. The first kappa shape index (κ1) is 31.6. The predicted molar refractivity (Wildman–Crippen MR) is 180 cm³/mol. The molecule has 1 amide bonds. The molecule has 2 unspecified atom stereocenters. The first-order valence-corrected chi connectivity index (χ1v) is 17.8. The number of hydrogen-bond donors (Lipinski definition) is 0. The fourth-order valence-electron chi connectivity index (χ4n) is 5.19. The van der Waals surface area contributed by atoms with E-state index in [4.69, 9.17) is 11.6 Å². The van der Waals surface area contributed by atoms with Crippen molar-refractivity contribution in [2.75, 3.05) is 17.4 Å². The van der Waals surface area contributed by atoms with Gasteiger partial charge in [0.1, 0.15) is 0 Å². The first-order chi connectivity index (χ1) is 20.8. The molecule has 226 valence electrons. The maximum atomic E-state index is 14.0. The Kier molecular flexibility index (Phi) is 8.80. The number of anilines is 1. The van der Waals surface area contributed by atoms with Crippen LogP contribution < -0.4 is 4.90 Å². The lowest BCUT2D eigenvalue weighted by molar-refractivity contribution is 0.0978. The summed E-state index contributed by atoms with van der Waals surface area (Å²) in [6.45, 7) is 5.82. The van der Waals surface area contributed by atoms with Crippen molar-refractivity contribution in [3.63, 3.8) is 0 Å². The van der Waals surface area contributed by atoms with Gasteiger partial charge in [-0.2, -0.15) is 0 Å². The Morgan fingerprint density at radius 1 is 0.932 bits per heavy atom. The number of carbonyl (C=O) groups is 1. The van der Waals surface area contributed by atoms with E-state index in [-0.39, 0.29) is 10.8 Å². The second-order valence-corrected chi connectivity index (χ2v) is 15.6. The van der Waals surface area contributed by atoms with Crippen LogP contribution in [0.5, 0.6) is 0 Å². The van der Waals surface area contributed by atoms with E-state index in [9.17, 15) is 17.4 Å². The number of rotatable bonds is 8. The number of amides is 1. The highest BCUT2D eigenvalue weighted by Crippen LogP contribution is 2.39. The largest absolute Gasteiger partial charge is 0.301 e. The highest BCUT2D eigenvalue weighted by Gasteiger charge is 2.29. The van der Waals surface area contributed by atoms with Gasteiger partial charge < -0.3 is 4.90 Å². The monoisotopic (exact) mass is 644 g/mol. The zero-order valence-electron chi connectivity index (χ0n) is 25.1. The van der Waals surface area contributed by atoms with Crippen LogP contribution in [0.4, 0.5) is 5.69 Å². The summed E-state index contributed by atoms with van der Waals surface area (Å²) in [5, 5.41) is 1.40. The van der Waals surface area contributed by atoms with E-state index in [1.54, 1.807) is 53.8 Å². The summed E-state index contributed by atoms with van der Waals surface area (Å²) in [5.41, 5.74) is 5.14. The number of pyridine rings is 1. The summed E-state index contributed by atoms with van der Waals surface area (Å²) in [5.74, 6) is -0.257. The van der Waals surface area contributed by atoms with Crippen LogP contribution in [0.2, 0.25) is 5.02 Å². The molecule has 0 saturated heterocycles. The molecule has 0 saturated carbocycles. The number of carbonyl (C=O) groups excluding carboxylic acids is 1. The molecular formula is C35H33ClN2O4S2. The number of benzene rings is 4. The summed E-state index contributed by atoms with van der Waals surface area (Å²) in [4.78, 5) is 20.5. The van der Waals surface area contributed by atoms with Crippen LogP contribution in [-0.2, 0) is 25.4 Å². The van der Waals surface area contributed by atoms with Crippen LogP contribution >= 0.6 is 11.6 Å². The van der Waals surface area contributed by atoms with E-state index in [0.29, 0.717) is 21.8 Å². The number of fused-ring (bicyclic) bond motifs is 1. The third-order valence-corrected chi connectivity index (χ3v) is 11.2. The second-order valence-electron chi connectivity index (χ2n) is 11.3. The average Bonchev–Trinajstić information content (AvgIpc) is 3.01. The second kappa shape index (κ2) is 12.3. The fraction of sp³-hybridized carbons (Fsp3) is 0.200. The minimum Gasteiger partial charge on any atom is -0.301 e. The van der Waals surface area contributed by atoms with Crippen LogP contribution in [0.15, 0.2) is 108 Å². The van der Waals surface area contributed by atoms with E-state index in [1.807, 2.05) is 69.3 Å². The van der Waals surface area contributed by atoms with Crippen molar-refractivity contribution < 1.29 is 17.4 Å². The number of aromatic nitrogens is 1. The van der Waals surface area contributed by atoms with Gasteiger partial charge in [0.2, 0.25) is 0 Å². The third-order valence-electron chi connectivity index (χ3n) is 8.05. The summed E-state index contributed by atoms with van der Waals surface area (Å²) >= 11 is 6.84. The lowest BCUT2D eigenvalue weighted by Gasteiger charge is -2.31. The van der Waals surface area contributed by atoms with Gasteiger partial charge >= 0.3 is 0 Å². The summed E-state index contributed by atoms with van der Waals surface area (Å²) < 4.78 is 36.4. The van der Waals surface area contributed by atoms with Gasteiger partial charge in [0.25, 0.3) is 5.91 Å². The van der Waals surface area contributed by atoms with E-state index in [2.05, 4.69) is 4.98 Å². The van der Waals surface area contributed by atoms with Crippen molar-refractivity contribution in [2.24, 2.45) is 0 Å². The SMILES string of the molecule is CC(c1cc(-c2cc(C(C)(C)S(C)=O)cc3cccnc23)ccc1Cl)N(C(=O)c1ccccc1)c1ccc(S(C)(=O)=O)cc1. The van der Waals surface area contributed by atoms with Crippen LogP contribution in [0.1, 0.15) is 48.3 Å². The number of sulfone groups is 1. The Morgan fingerprint density at radius 2 is 1.61 bits per heavy atom. The molecule has 1 aromatic heterocycles. The molecule has 0 N–H and O–H groups in total. The molecule has 0 aliphatic carbocycles. The average molecular weight is 645 g/mol. The molecule has 44 heavy (non-hydrogen) atoms. The van der Waals surface area contributed by atoms with Crippen molar-refractivity contribution >= 4 is 54.7 Å². The number of nitrogens with zero attached hydrogens (tertiary/aromatic N) is 2. The lowest BCUT2D eigenvalue weighted by Crippen LogP contribution is -2.33. The van der Waals surface area contributed by atoms with Crippen LogP contribution in [0.3, 0.4) is 0 Å². The standard InChI is InChI=1S/C35H33ClN2O4S2/c1-23(38(34(39)24-10-7-6-8-11-24)28-14-16-29(17-15-28)44(5,41)42)30-21-25(13-18-32(30)36)31-22-27(35(2,3)43(4)40)20-26-12-9-19-37-33(26)31/h6-23H,1-5H3. The van der Waals surface area contributed by atoms with Gasteiger partial charge in [-0.3, -0.25) is 14.0 Å². The van der Waals surface area contributed by atoms with Crippen molar-refractivity contribution in [3.8, 4) is 11.1 Å². The zero-order valence-corrected chi connectivity index (χ0v) is 27.5. The predicted octanol–water partition coefficient (Wildman–Crippen LogP) is 7.98. The van der Waals surface area contributed by atoms with Gasteiger partial charge in [0.05, 0.1) is 21.2 Å². The number of hydrogen-bond acceptors (Lipinski definition) is 5. The van der Waals surface area contributed by atoms with Crippen molar-refractivity contribution in [2.45, 2.75) is 36.5 Å². The van der Waals surface area contributed by atoms with Crippen molar-refractivity contribution in [1.29, 1.82) is 0 Å². The van der Waals surface area contributed by atoms with Crippen molar-refractivity contribution in [1.82, 2.24) is 4.98 Å².